The number of aliphatic hydroxyl groups excluding tert-OH is 1. The molecule has 2 unspecified atom stereocenters. The van der Waals surface area contributed by atoms with Crippen LogP contribution in [0.5, 0.6) is 0 Å². The van der Waals surface area contributed by atoms with Crippen molar-refractivity contribution in [1.82, 2.24) is 15.5 Å². The van der Waals surface area contributed by atoms with Crippen molar-refractivity contribution >= 4 is 6.03 Å². The van der Waals surface area contributed by atoms with Gasteiger partial charge in [-0.2, -0.15) is 0 Å². The molecular weight excluding hydrogens is 314 g/mol. The molecule has 3 rings (SSSR count). The maximum Gasteiger partial charge on any atom is 0.315 e. The van der Waals surface area contributed by atoms with Crippen molar-refractivity contribution in [2.75, 3.05) is 26.2 Å². The minimum absolute atomic E-state index is 0.118. The van der Waals surface area contributed by atoms with Crippen LogP contribution in [0.25, 0.3) is 0 Å². The van der Waals surface area contributed by atoms with Gasteiger partial charge in [0.15, 0.2) is 0 Å². The number of carbonyl (C=O) groups is 1. The second kappa shape index (κ2) is 9.20. The lowest BCUT2D eigenvalue weighted by Gasteiger charge is -2.20. The first-order chi connectivity index (χ1) is 12.2. The Labute approximate surface area is 150 Å². The van der Waals surface area contributed by atoms with Gasteiger partial charge in [-0.1, -0.05) is 43.2 Å². The molecule has 1 saturated carbocycles. The van der Waals surface area contributed by atoms with Gasteiger partial charge in [0.05, 0.1) is 6.10 Å². The Morgan fingerprint density at radius 2 is 1.96 bits per heavy atom. The average molecular weight is 345 g/mol. The largest absolute Gasteiger partial charge is 0.388 e. The summed E-state index contributed by atoms with van der Waals surface area (Å²) in [6.45, 7) is 3.73. The predicted octanol–water partition coefficient (Wildman–Crippen LogP) is 2.67. The van der Waals surface area contributed by atoms with E-state index in [-0.39, 0.29) is 12.1 Å². The van der Waals surface area contributed by atoms with Crippen LogP contribution in [0.1, 0.15) is 50.2 Å². The van der Waals surface area contributed by atoms with Gasteiger partial charge in [-0.25, -0.2) is 4.79 Å². The van der Waals surface area contributed by atoms with Crippen molar-refractivity contribution in [3.05, 3.63) is 35.9 Å². The Hall–Kier alpha value is -1.59. The number of benzene rings is 1. The first kappa shape index (κ1) is 18.2. The van der Waals surface area contributed by atoms with Gasteiger partial charge in [-0.3, -0.25) is 0 Å². The highest BCUT2D eigenvalue weighted by Gasteiger charge is 2.26. The second-order valence-corrected chi connectivity index (χ2v) is 7.51. The number of nitrogens with one attached hydrogen (secondary N) is 2. The molecule has 2 aliphatic rings. The third-order valence-corrected chi connectivity index (χ3v) is 5.49. The van der Waals surface area contributed by atoms with E-state index < -0.39 is 6.10 Å². The third kappa shape index (κ3) is 5.72. The van der Waals surface area contributed by atoms with E-state index in [9.17, 15) is 9.90 Å². The fourth-order valence-electron chi connectivity index (χ4n) is 4.08. The zero-order valence-electron chi connectivity index (χ0n) is 15.0. The lowest BCUT2D eigenvalue weighted by atomic mass is 10.1. The van der Waals surface area contributed by atoms with Gasteiger partial charge in [0.25, 0.3) is 0 Å². The normalized spacial score (nSPS) is 22.8. The summed E-state index contributed by atoms with van der Waals surface area (Å²) in [5, 5.41) is 16.1. The van der Waals surface area contributed by atoms with Crippen LogP contribution >= 0.6 is 0 Å². The number of hydrogen-bond donors (Lipinski definition) is 3. The van der Waals surface area contributed by atoms with Crippen molar-refractivity contribution in [2.45, 2.75) is 50.7 Å². The zero-order chi connectivity index (χ0) is 17.5. The van der Waals surface area contributed by atoms with Crippen LogP contribution in [0.3, 0.4) is 0 Å². The van der Waals surface area contributed by atoms with Gasteiger partial charge in [-0.05, 0) is 37.2 Å². The fourth-order valence-corrected chi connectivity index (χ4v) is 4.08. The molecule has 25 heavy (non-hydrogen) atoms. The van der Waals surface area contributed by atoms with E-state index in [1.165, 1.54) is 32.2 Å². The number of amides is 2. The Bertz CT molecular complexity index is 531. The molecule has 2 amide bonds. The Balaban J connectivity index is 1.30. The summed E-state index contributed by atoms with van der Waals surface area (Å²) in [6.07, 6.45) is 6.55. The highest BCUT2D eigenvalue weighted by atomic mass is 16.3. The average Bonchev–Trinajstić information content (AvgIpc) is 3.28. The lowest BCUT2D eigenvalue weighted by molar-refractivity contribution is 0.166. The maximum absolute atomic E-state index is 12.0. The molecule has 0 radical (unpaired) electrons. The molecular formula is C20H31N3O2. The van der Waals surface area contributed by atoms with E-state index in [1.54, 1.807) is 0 Å². The summed E-state index contributed by atoms with van der Waals surface area (Å²) >= 11 is 0. The van der Waals surface area contributed by atoms with Crippen molar-refractivity contribution in [3.63, 3.8) is 0 Å². The predicted molar refractivity (Wildman–Crippen MR) is 99.4 cm³/mol. The topological polar surface area (TPSA) is 64.6 Å². The van der Waals surface area contributed by atoms with Crippen LogP contribution in [0.2, 0.25) is 0 Å². The van der Waals surface area contributed by atoms with Crippen molar-refractivity contribution < 1.29 is 9.90 Å². The first-order valence-electron chi connectivity index (χ1n) is 9.70. The number of likely N-dealkylation sites (tertiary alicyclic amines) is 1. The molecule has 5 heteroatoms. The maximum atomic E-state index is 12.0. The van der Waals surface area contributed by atoms with Crippen LogP contribution in [0, 0.1) is 5.92 Å². The summed E-state index contributed by atoms with van der Waals surface area (Å²) < 4.78 is 0. The number of carbonyl (C=O) groups excluding carboxylic acids is 1. The Morgan fingerprint density at radius 3 is 2.72 bits per heavy atom. The molecule has 1 aromatic rings. The summed E-state index contributed by atoms with van der Waals surface area (Å²) in [5.41, 5.74) is 0.892. The SMILES string of the molecule is O=C(NCCC(O)c1ccccc1)NC1CCN(CC2CCCC2)C1. The lowest BCUT2D eigenvalue weighted by Crippen LogP contribution is -2.44. The van der Waals surface area contributed by atoms with Crippen molar-refractivity contribution in [3.8, 4) is 0 Å². The van der Waals surface area contributed by atoms with Crippen LogP contribution in [-0.2, 0) is 0 Å². The highest BCUT2D eigenvalue weighted by molar-refractivity contribution is 5.74. The summed E-state index contributed by atoms with van der Waals surface area (Å²) in [6, 6.07) is 9.70. The molecule has 1 aliphatic heterocycles. The molecule has 0 spiro atoms. The van der Waals surface area contributed by atoms with E-state index in [4.69, 9.17) is 0 Å². The molecule has 1 saturated heterocycles. The van der Waals surface area contributed by atoms with Gasteiger partial charge in [0, 0.05) is 32.2 Å². The van der Waals surface area contributed by atoms with Gasteiger partial charge >= 0.3 is 6.03 Å². The molecule has 0 aromatic heterocycles. The summed E-state index contributed by atoms with van der Waals surface area (Å²) in [7, 11) is 0. The zero-order valence-corrected chi connectivity index (χ0v) is 15.0. The van der Waals surface area contributed by atoms with Gasteiger partial charge in [0.1, 0.15) is 0 Å². The summed E-state index contributed by atoms with van der Waals surface area (Å²) in [4.78, 5) is 14.5. The molecule has 2 atom stereocenters. The van der Waals surface area contributed by atoms with E-state index in [1.807, 2.05) is 30.3 Å². The van der Waals surface area contributed by atoms with E-state index in [2.05, 4.69) is 15.5 Å². The first-order valence-corrected chi connectivity index (χ1v) is 9.70. The minimum Gasteiger partial charge on any atom is -0.388 e. The smallest absolute Gasteiger partial charge is 0.315 e. The molecule has 1 aliphatic carbocycles. The second-order valence-electron chi connectivity index (χ2n) is 7.51. The number of hydrogen-bond acceptors (Lipinski definition) is 3. The monoisotopic (exact) mass is 345 g/mol. The highest BCUT2D eigenvalue weighted by Crippen LogP contribution is 2.26. The van der Waals surface area contributed by atoms with Crippen molar-refractivity contribution in [1.29, 1.82) is 0 Å². The van der Waals surface area contributed by atoms with Crippen LogP contribution in [0.4, 0.5) is 4.79 Å². The number of nitrogens with zero attached hydrogens (tertiary/aromatic N) is 1. The number of urea groups is 1. The third-order valence-electron chi connectivity index (χ3n) is 5.49. The van der Waals surface area contributed by atoms with E-state index in [0.29, 0.717) is 13.0 Å². The van der Waals surface area contributed by atoms with Crippen LogP contribution in [0.15, 0.2) is 30.3 Å². The molecule has 1 heterocycles. The van der Waals surface area contributed by atoms with E-state index in [0.717, 1.165) is 31.0 Å². The summed E-state index contributed by atoms with van der Waals surface area (Å²) in [5.74, 6) is 0.868. The number of rotatable bonds is 7. The van der Waals surface area contributed by atoms with E-state index >= 15 is 0 Å². The number of aliphatic hydroxyl groups is 1. The van der Waals surface area contributed by atoms with Crippen molar-refractivity contribution in [2.24, 2.45) is 5.92 Å². The Morgan fingerprint density at radius 1 is 1.20 bits per heavy atom. The van der Waals surface area contributed by atoms with Gasteiger partial charge in [0.2, 0.25) is 0 Å². The fraction of sp³-hybridized carbons (Fsp3) is 0.650. The molecule has 2 fully saturated rings. The molecule has 138 valence electrons. The van der Waals surface area contributed by atoms with Crippen LogP contribution in [-0.4, -0.2) is 48.3 Å². The molecule has 1 aromatic carbocycles. The standard InChI is InChI=1S/C20H31N3O2/c24-19(17-8-2-1-3-9-17)10-12-21-20(25)22-18-11-13-23(15-18)14-16-6-4-5-7-16/h1-3,8-9,16,18-19,24H,4-7,10-15H2,(H2,21,22,25). The van der Waals surface area contributed by atoms with Crippen LogP contribution < -0.4 is 10.6 Å². The minimum atomic E-state index is -0.533. The van der Waals surface area contributed by atoms with Gasteiger partial charge < -0.3 is 20.6 Å². The molecule has 3 N–H and O–H groups in total. The molecule has 5 nitrogen and oxygen atoms in total. The quantitative estimate of drug-likeness (QED) is 0.712. The van der Waals surface area contributed by atoms with Gasteiger partial charge in [-0.15, -0.1) is 0 Å². The molecule has 0 bridgehead atoms. The Kier molecular flexibility index (Phi) is 6.70.